The summed E-state index contributed by atoms with van der Waals surface area (Å²) in [5.41, 5.74) is 0. The van der Waals surface area contributed by atoms with E-state index in [0.717, 1.165) is 0 Å². The molecule has 0 aromatic heterocycles. The highest BCUT2D eigenvalue weighted by Crippen LogP contribution is 2.12. The Morgan fingerprint density at radius 3 is 2.36 bits per heavy atom. The van der Waals surface area contributed by atoms with Crippen LogP contribution in [-0.4, -0.2) is 22.3 Å². The van der Waals surface area contributed by atoms with Gasteiger partial charge in [-0.3, -0.25) is 4.79 Å². The van der Waals surface area contributed by atoms with E-state index in [0.29, 0.717) is 18.8 Å². The Bertz CT molecular complexity index is 121. The van der Waals surface area contributed by atoms with E-state index in [1.165, 1.54) is 0 Å². The van der Waals surface area contributed by atoms with Crippen LogP contribution in [0.1, 0.15) is 33.1 Å². The molecule has 0 bridgehead atoms. The minimum absolute atomic E-state index is 0.202. The van der Waals surface area contributed by atoms with Crippen molar-refractivity contribution in [1.29, 1.82) is 0 Å². The summed E-state index contributed by atoms with van der Waals surface area (Å²) in [4.78, 5) is 10.1. The lowest BCUT2D eigenvalue weighted by Crippen LogP contribution is -2.08. The highest BCUT2D eigenvalue weighted by atomic mass is 16.4. The summed E-state index contributed by atoms with van der Waals surface area (Å²) in [6, 6.07) is 0. The third-order valence-corrected chi connectivity index (χ3v) is 1.59. The van der Waals surface area contributed by atoms with Crippen molar-refractivity contribution in [2.24, 2.45) is 5.92 Å². The Labute approximate surface area is 67.0 Å². The van der Waals surface area contributed by atoms with Crippen LogP contribution in [0.3, 0.4) is 0 Å². The van der Waals surface area contributed by atoms with Crippen LogP contribution in [-0.2, 0) is 4.79 Å². The van der Waals surface area contributed by atoms with Gasteiger partial charge in [-0.05, 0) is 25.7 Å². The molecule has 66 valence electrons. The molecule has 0 amide bonds. The van der Waals surface area contributed by atoms with E-state index in [9.17, 15) is 4.79 Å². The fraction of sp³-hybridized carbons (Fsp3) is 0.875. The summed E-state index contributed by atoms with van der Waals surface area (Å²) in [6.07, 6.45) is 1.22. The van der Waals surface area contributed by atoms with Crippen molar-refractivity contribution in [2.75, 3.05) is 0 Å². The monoisotopic (exact) mass is 160 g/mol. The first-order valence-corrected chi connectivity index (χ1v) is 3.92. The highest BCUT2D eigenvalue weighted by molar-refractivity contribution is 5.66. The van der Waals surface area contributed by atoms with E-state index >= 15 is 0 Å². The standard InChI is InChI=1S/C8H16O3/c1-6(5-7(2)9)3-4-8(10)11/h6-7,9H,3-5H2,1-2H3,(H,10,11). The highest BCUT2D eigenvalue weighted by Gasteiger charge is 2.07. The number of carboxylic acid groups (broad SMARTS) is 1. The van der Waals surface area contributed by atoms with Crippen LogP contribution in [0.4, 0.5) is 0 Å². The normalized spacial score (nSPS) is 15.9. The Hall–Kier alpha value is -0.570. The number of rotatable bonds is 5. The molecule has 0 fully saturated rings. The Morgan fingerprint density at radius 2 is 2.00 bits per heavy atom. The summed E-state index contributed by atoms with van der Waals surface area (Å²) < 4.78 is 0. The lowest BCUT2D eigenvalue weighted by Gasteiger charge is -2.10. The van der Waals surface area contributed by atoms with Gasteiger partial charge in [0.15, 0.2) is 0 Å². The Morgan fingerprint density at radius 1 is 1.45 bits per heavy atom. The predicted molar refractivity (Wildman–Crippen MR) is 42.3 cm³/mol. The molecule has 0 spiro atoms. The first kappa shape index (κ1) is 10.4. The molecule has 0 rings (SSSR count). The van der Waals surface area contributed by atoms with Gasteiger partial charge in [0.25, 0.3) is 0 Å². The smallest absolute Gasteiger partial charge is 0.303 e. The van der Waals surface area contributed by atoms with Gasteiger partial charge in [0.2, 0.25) is 0 Å². The molecular weight excluding hydrogens is 144 g/mol. The minimum Gasteiger partial charge on any atom is -0.481 e. The van der Waals surface area contributed by atoms with Crippen molar-refractivity contribution in [3.05, 3.63) is 0 Å². The molecule has 0 aliphatic carbocycles. The van der Waals surface area contributed by atoms with Crippen LogP contribution in [0.5, 0.6) is 0 Å². The van der Waals surface area contributed by atoms with E-state index in [-0.39, 0.29) is 12.5 Å². The molecule has 0 saturated heterocycles. The quantitative estimate of drug-likeness (QED) is 0.636. The molecule has 2 atom stereocenters. The van der Waals surface area contributed by atoms with Crippen LogP contribution < -0.4 is 0 Å². The molecule has 0 heterocycles. The summed E-state index contributed by atoms with van der Waals surface area (Å²) in [7, 11) is 0. The number of carbonyl (C=O) groups is 1. The predicted octanol–water partition coefficient (Wildman–Crippen LogP) is 1.26. The molecule has 0 aromatic carbocycles. The van der Waals surface area contributed by atoms with Crippen LogP contribution in [0.2, 0.25) is 0 Å². The van der Waals surface area contributed by atoms with Gasteiger partial charge < -0.3 is 10.2 Å². The van der Waals surface area contributed by atoms with Crippen molar-refractivity contribution in [3.63, 3.8) is 0 Å². The first-order chi connectivity index (χ1) is 5.02. The van der Waals surface area contributed by atoms with Gasteiger partial charge in [0.05, 0.1) is 6.10 Å². The number of hydrogen-bond acceptors (Lipinski definition) is 2. The second-order valence-corrected chi connectivity index (χ2v) is 3.12. The van der Waals surface area contributed by atoms with Gasteiger partial charge in [-0.2, -0.15) is 0 Å². The largest absolute Gasteiger partial charge is 0.481 e. The molecule has 0 aliphatic heterocycles. The number of hydrogen-bond donors (Lipinski definition) is 2. The third kappa shape index (κ3) is 7.33. The van der Waals surface area contributed by atoms with E-state index < -0.39 is 5.97 Å². The molecule has 0 aromatic rings. The van der Waals surface area contributed by atoms with E-state index in [4.69, 9.17) is 10.2 Å². The van der Waals surface area contributed by atoms with Crippen LogP contribution in [0, 0.1) is 5.92 Å². The van der Waals surface area contributed by atoms with Gasteiger partial charge in [0, 0.05) is 6.42 Å². The molecule has 0 saturated carbocycles. The van der Waals surface area contributed by atoms with E-state index in [1.54, 1.807) is 6.92 Å². The second kappa shape index (κ2) is 5.13. The van der Waals surface area contributed by atoms with Gasteiger partial charge in [-0.1, -0.05) is 6.92 Å². The number of aliphatic hydroxyl groups is 1. The van der Waals surface area contributed by atoms with Crippen molar-refractivity contribution < 1.29 is 15.0 Å². The van der Waals surface area contributed by atoms with Gasteiger partial charge >= 0.3 is 5.97 Å². The number of carboxylic acids is 1. The molecular formula is C8H16O3. The average Bonchev–Trinajstić information content (AvgIpc) is 1.82. The lowest BCUT2D eigenvalue weighted by molar-refractivity contribution is -0.137. The molecule has 0 radical (unpaired) electrons. The number of aliphatic carboxylic acids is 1. The Kier molecular flexibility index (Phi) is 4.86. The van der Waals surface area contributed by atoms with Gasteiger partial charge in [0.1, 0.15) is 0 Å². The summed E-state index contributed by atoms with van der Waals surface area (Å²) >= 11 is 0. The maximum Gasteiger partial charge on any atom is 0.303 e. The fourth-order valence-corrected chi connectivity index (χ4v) is 1.07. The fourth-order valence-electron chi connectivity index (χ4n) is 1.07. The molecule has 3 nitrogen and oxygen atoms in total. The second-order valence-electron chi connectivity index (χ2n) is 3.12. The zero-order valence-electron chi connectivity index (χ0n) is 7.08. The summed E-state index contributed by atoms with van der Waals surface area (Å²) in [5, 5.41) is 17.3. The van der Waals surface area contributed by atoms with Crippen molar-refractivity contribution in [2.45, 2.75) is 39.2 Å². The minimum atomic E-state index is -0.762. The molecule has 2 unspecified atom stereocenters. The van der Waals surface area contributed by atoms with Crippen LogP contribution in [0.15, 0.2) is 0 Å². The zero-order valence-corrected chi connectivity index (χ0v) is 7.08. The first-order valence-electron chi connectivity index (χ1n) is 3.92. The summed E-state index contributed by atoms with van der Waals surface area (Å²) in [5.74, 6) is -0.464. The third-order valence-electron chi connectivity index (χ3n) is 1.59. The maximum atomic E-state index is 10.1. The van der Waals surface area contributed by atoms with Gasteiger partial charge in [-0.15, -0.1) is 0 Å². The Balaban J connectivity index is 3.37. The zero-order chi connectivity index (χ0) is 8.85. The average molecular weight is 160 g/mol. The van der Waals surface area contributed by atoms with Crippen molar-refractivity contribution in [3.8, 4) is 0 Å². The molecule has 0 aliphatic rings. The summed E-state index contributed by atoms with van der Waals surface area (Å²) in [6.45, 7) is 3.67. The van der Waals surface area contributed by atoms with Crippen LogP contribution in [0.25, 0.3) is 0 Å². The molecule has 2 N–H and O–H groups in total. The lowest BCUT2D eigenvalue weighted by atomic mass is 9.99. The van der Waals surface area contributed by atoms with Crippen molar-refractivity contribution in [1.82, 2.24) is 0 Å². The van der Waals surface area contributed by atoms with Gasteiger partial charge in [-0.25, -0.2) is 0 Å². The molecule has 11 heavy (non-hydrogen) atoms. The number of aliphatic hydroxyl groups excluding tert-OH is 1. The van der Waals surface area contributed by atoms with E-state index in [1.807, 2.05) is 6.92 Å². The van der Waals surface area contributed by atoms with E-state index in [2.05, 4.69) is 0 Å². The van der Waals surface area contributed by atoms with Crippen LogP contribution >= 0.6 is 0 Å². The maximum absolute atomic E-state index is 10.1. The SMILES string of the molecule is CC(O)CC(C)CCC(=O)O. The van der Waals surface area contributed by atoms with Crippen molar-refractivity contribution >= 4 is 5.97 Å². The molecule has 3 heteroatoms. The topological polar surface area (TPSA) is 57.5 Å².